The summed E-state index contributed by atoms with van der Waals surface area (Å²) in [6, 6.07) is 0. The fraction of sp³-hybridized carbons (Fsp3) is 1.00. The number of hydrogen-bond acceptors (Lipinski definition) is 4. The van der Waals surface area contributed by atoms with Crippen LogP contribution in [0.3, 0.4) is 0 Å². The first-order valence-corrected chi connectivity index (χ1v) is 6.99. The zero-order valence-electron chi connectivity index (χ0n) is 9.49. The standard InChI is InChI=1S/C9H23NO3P/c1-4-11-14(12-5-2,13-6-3)9-7-8-10/h4-10H2,1-3H3/q+1. The van der Waals surface area contributed by atoms with Crippen molar-refractivity contribution >= 4 is 7.94 Å². The molecule has 0 aromatic carbocycles. The van der Waals surface area contributed by atoms with E-state index in [0.29, 0.717) is 26.4 Å². The van der Waals surface area contributed by atoms with E-state index in [4.69, 9.17) is 19.3 Å². The second-order valence-electron chi connectivity index (χ2n) is 2.73. The third-order valence-corrected chi connectivity index (χ3v) is 4.43. The minimum absolute atomic E-state index is 0.623. The first kappa shape index (κ1) is 14.3. The molecule has 0 aromatic rings. The molecule has 4 nitrogen and oxygen atoms in total. The van der Waals surface area contributed by atoms with Crippen molar-refractivity contribution in [3.63, 3.8) is 0 Å². The molecule has 0 atom stereocenters. The van der Waals surface area contributed by atoms with Gasteiger partial charge in [-0.2, -0.15) is 13.6 Å². The van der Waals surface area contributed by atoms with E-state index in [-0.39, 0.29) is 0 Å². The molecule has 0 fully saturated rings. The molecule has 0 rings (SSSR count). The minimum atomic E-state index is -2.09. The van der Waals surface area contributed by atoms with E-state index in [9.17, 15) is 0 Å². The predicted molar refractivity (Wildman–Crippen MR) is 60.3 cm³/mol. The van der Waals surface area contributed by atoms with E-state index in [1.807, 2.05) is 20.8 Å². The van der Waals surface area contributed by atoms with Gasteiger partial charge >= 0.3 is 7.94 Å². The van der Waals surface area contributed by atoms with Gasteiger partial charge in [-0.3, -0.25) is 0 Å². The molecular weight excluding hydrogens is 201 g/mol. The Kier molecular flexibility index (Phi) is 8.73. The summed E-state index contributed by atoms with van der Waals surface area (Å²) in [6.07, 6.45) is 1.67. The summed E-state index contributed by atoms with van der Waals surface area (Å²) in [6.45, 7) is 8.38. The van der Waals surface area contributed by atoms with Crippen LogP contribution in [0.4, 0.5) is 0 Å². The second-order valence-corrected chi connectivity index (χ2v) is 5.17. The van der Waals surface area contributed by atoms with Gasteiger partial charge in [0.25, 0.3) is 0 Å². The third kappa shape index (κ3) is 5.23. The fourth-order valence-corrected chi connectivity index (χ4v) is 3.54. The summed E-state index contributed by atoms with van der Waals surface area (Å²) in [5.74, 6) is 0. The zero-order valence-corrected chi connectivity index (χ0v) is 10.4. The Morgan fingerprint density at radius 2 is 1.36 bits per heavy atom. The van der Waals surface area contributed by atoms with Crippen LogP contribution in [0.15, 0.2) is 0 Å². The molecule has 0 saturated heterocycles. The van der Waals surface area contributed by atoms with E-state index in [0.717, 1.165) is 12.6 Å². The predicted octanol–water partition coefficient (Wildman–Crippen LogP) is 2.21. The maximum absolute atomic E-state index is 5.62. The van der Waals surface area contributed by atoms with Crippen molar-refractivity contribution in [1.29, 1.82) is 0 Å². The monoisotopic (exact) mass is 224 g/mol. The van der Waals surface area contributed by atoms with Crippen LogP contribution in [0.1, 0.15) is 27.2 Å². The molecule has 0 amide bonds. The molecule has 0 unspecified atom stereocenters. The molecule has 86 valence electrons. The molecule has 0 aliphatic heterocycles. The van der Waals surface area contributed by atoms with Crippen LogP contribution >= 0.6 is 7.94 Å². The molecule has 0 saturated carbocycles. The first-order valence-electron chi connectivity index (χ1n) is 5.26. The van der Waals surface area contributed by atoms with Gasteiger partial charge in [-0.15, -0.1) is 0 Å². The van der Waals surface area contributed by atoms with Crippen molar-refractivity contribution in [2.45, 2.75) is 27.2 Å². The highest BCUT2D eigenvalue weighted by molar-refractivity contribution is 7.61. The molecule has 14 heavy (non-hydrogen) atoms. The Morgan fingerprint density at radius 1 is 0.929 bits per heavy atom. The van der Waals surface area contributed by atoms with Crippen LogP contribution in [0.2, 0.25) is 0 Å². The Balaban J connectivity index is 4.21. The van der Waals surface area contributed by atoms with Gasteiger partial charge in [-0.05, 0) is 27.3 Å². The van der Waals surface area contributed by atoms with Crippen molar-refractivity contribution < 1.29 is 13.6 Å². The SMILES string of the molecule is CCO[P+](CCCN)(OCC)OCC. The average Bonchev–Trinajstić information content (AvgIpc) is 2.16. The van der Waals surface area contributed by atoms with Crippen molar-refractivity contribution in [3.05, 3.63) is 0 Å². The summed E-state index contributed by atoms with van der Waals surface area (Å²) in [7, 11) is -2.09. The normalized spacial score (nSPS) is 12.0. The molecule has 2 N–H and O–H groups in total. The van der Waals surface area contributed by atoms with Crippen molar-refractivity contribution in [2.75, 3.05) is 32.5 Å². The second kappa shape index (κ2) is 8.57. The van der Waals surface area contributed by atoms with Crippen molar-refractivity contribution in [3.8, 4) is 0 Å². The Bertz CT molecular complexity index is 118. The zero-order chi connectivity index (χ0) is 10.9. The van der Waals surface area contributed by atoms with Crippen LogP contribution in [-0.2, 0) is 13.6 Å². The molecule has 0 spiro atoms. The number of hydrogen-bond donors (Lipinski definition) is 1. The highest BCUT2D eigenvalue weighted by Gasteiger charge is 2.43. The summed E-state index contributed by atoms with van der Waals surface area (Å²) in [5, 5.41) is 0. The van der Waals surface area contributed by atoms with Gasteiger partial charge < -0.3 is 5.73 Å². The maximum Gasteiger partial charge on any atom is 0.411 e. The summed E-state index contributed by atoms with van der Waals surface area (Å²) >= 11 is 0. The van der Waals surface area contributed by atoms with E-state index >= 15 is 0 Å². The summed E-state index contributed by atoms with van der Waals surface area (Å²) < 4.78 is 16.9. The summed E-state index contributed by atoms with van der Waals surface area (Å²) in [5.41, 5.74) is 5.48. The minimum Gasteiger partial charge on any atom is -0.330 e. The van der Waals surface area contributed by atoms with E-state index < -0.39 is 7.94 Å². The van der Waals surface area contributed by atoms with Gasteiger partial charge in [0.1, 0.15) is 6.16 Å². The average molecular weight is 224 g/mol. The molecule has 0 radical (unpaired) electrons. The van der Waals surface area contributed by atoms with Gasteiger partial charge in [-0.1, -0.05) is 0 Å². The molecule has 0 aliphatic rings. The smallest absolute Gasteiger partial charge is 0.330 e. The molecule has 0 aliphatic carbocycles. The lowest BCUT2D eigenvalue weighted by atomic mass is 10.5. The molecule has 0 heterocycles. The van der Waals surface area contributed by atoms with Gasteiger partial charge in [-0.25, -0.2) is 0 Å². The Morgan fingerprint density at radius 3 is 1.64 bits per heavy atom. The van der Waals surface area contributed by atoms with Crippen LogP contribution in [0, 0.1) is 0 Å². The highest BCUT2D eigenvalue weighted by atomic mass is 31.2. The molecule has 0 aromatic heterocycles. The van der Waals surface area contributed by atoms with Gasteiger partial charge in [0.05, 0.1) is 19.8 Å². The molecular formula is C9H23NO3P+. The van der Waals surface area contributed by atoms with E-state index in [1.165, 1.54) is 0 Å². The van der Waals surface area contributed by atoms with E-state index in [2.05, 4.69) is 0 Å². The number of nitrogens with two attached hydrogens (primary N) is 1. The van der Waals surface area contributed by atoms with Crippen LogP contribution in [-0.4, -0.2) is 32.5 Å². The molecule has 5 heteroatoms. The van der Waals surface area contributed by atoms with Gasteiger partial charge in [0.2, 0.25) is 0 Å². The maximum atomic E-state index is 5.62. The Hall–Kier alpha value is 0.270. The van der Waals surface area contributed by atoms with Crippen molar-refractivity contribution in [1.82, 2.24) is 0 Å². The fourth-order valence-electron chi connectivity index (χ4n) is 1.18. The first-order chi connectivity index (χ1) is 6.74. The van der Waals surface area contributed by atoms with Crippen LogP contribution in [0.25, 0.3) is 0 Å². The van der Waals surface area contributed by atoms with Crippen LogP contribution < -0.4 is 5.73 Å². The molecule has 0 bridgehead atoms. The summed E-state index contributed by atoms with van der Waals surface area (Å²) in [4.78, 5) is 0. The largest absolute Gasteiger partial charge is 0.411 e. The van der Waals surface area contributed by atoms with Crippen molar-refractivity contribution in [2.24, 2.45) is 5.73 Å². The van der Waals surface area contributed by atoms with E-state index in [1.54, 1.807) is 0 Å². The van der Waals surface area contributed by atoms with Gasteiger partial charge in [0, 0.05) is 6.42 Å². The lowest BCUT2D eigenvalue weighted by Crippen LogP contribution is -2.13. The Labute approximate surface area is 87.7 Å². The topological polar surface area (TPSA) is 53.7 Å². The van der Waals surface area contributed by atoms with Gasteiger partial charge in [0.15, 0.2) is 0 Å². The third-order valence-electron chi connectivity index (χ3n) is 1.61. The quantitative estimate of drug-likeness (QED) is 0.610. The lowest BCUT2D eigenvalue weighted by molar-refractivity contribution is 0.151. The highest BCUT2D eigenvalue weighted by Crippen LogP contribution is 2.62. The lowest BCUT2D eigenvalue weighted by Gasteiger charge is -2.20. The van der Waals surface area contributed by atoms with Crippen LogP contribution in [0.5, 0.6) is 0 Å². The number of rotatable bonds is 9.